The van der Waals surface area contributed by atoms with Crippen LogP contribution in [0.25, 0.3) is 5.78 Å². The number of fused-ring (bicyclic) bond motifs is 2. The highest BCUT2D eigenvalue weighted by molar-refractivity contribution is 5.70. The summed E-state index contributed by atoms with van der Waals surface area (Å²) < 4.78 is 32.8. The normalized spacial score (nSPS) is 22.5. The Bertz CT molecular complexity index is 1250. The summed E-state index contributed by atoms with van der Waals surface area (Å²) in [4.78, 5) is 41.4. The lowest BCUT2D eigenvalue weighted by molar-refractivity contribution is -0.00451. The van der Waals surface area contributed by atoms with E-state index in [9.17, 15) is 18.4 Å². The third kappa shape index (κ3) is 4.30. The van der Waals surface area contributed by atoms with E-state index in [1.54, 1.807) is 4.90 Å². The van der Waals surface area contributed by atoms with Crippen molar-refractivity contribution in [2.75, 3.05) is 36.0 Å². The lowest BCUT2D eigenvalue weighted by Gasteiger charge is -2.54. The Labute approximate surface area is 207 Å². The predicted molar refractivity (Wildman–Crippen MR) is 131 cm³/mol. The minimum atomic E-state index is -1.60. The first-order valence-electron chi connectivity index (χ1n) is 12.6. The average molecular weight is 506 g/mol. The molecule has 1 amide bonds. The van der Waals surface area contributed by atoms with Crippen molar-refractivity contribution in [3.8, 4) is 0 Å². The Balaban J connectivity index is 1.42. The van der Waals surface area contributed by atoms with Crippen LogP contribution >= 0.6 is 0 Å². The smallest absolute Gasteiger partial charge is 0.410 e. The molecule has 4 heterocycles. The molecule has 2 atom stereocenters. The number of halogens is 2. The zero-order valence-electron chi connectivity index (χ0n) is 21.2. The summed E-state index contributed by atoms with van der Waals surface area (Å²) in [5.41, 5.74) is 0.569. The number of piperidine rings is 1. The van der Waals surface area contributed by atoms with Crippen LogP contribution in [0.3, 0.4) is 0 Å². The number of ether oxygens (including phenoxy) is 1. The number of aryl methyl sites for hydroxylation is 1. The number of aromatic nitrogens is 4. The summed E-state index contributed by atoms with van der Waals surface area (Å²) in [5, 5.41) is 3.05. The molecule has 1 N–H and O–H groups in total. The van der Waals surface area contributed by atoms with Crippen LogP contribution in [0, 0.1) is 0 Å². The van der Waals surface area contributed by atoms with Crippen LogP contribution in [0.4, 0.5) is 25.2 Å². The SMILES string of the molecule is CCc1nc2nc(N3CCC(=C(F)F)CC3)[nH]n2c(=O)c1N1CCN(C(=O)OC(C)(C)C)C2CCC21. The molecule has 196 valence electrons. The molecule has 1 saturated carbocycles. The third-order valence-electron chi connectivity index (χ3n) is 7.30. The molecule has 12 heteroatoms. The van der Waals surface area contributed by atoms with E-state index in [-0.39, 0.29) is 47.9 Å². The quantitative estimate of drug-likeness (QED) is 0.683. The van der Waals surface area contributed by atoms with Gasteiger partial charge in [0.1, 0.15) is 11.3 Å². The van der Waals surface area contributed by atoms with Crippen LogP contribution in [0.2, 0.25) is 0 Å². The molecule has 3 fully saturated rings. The molecule has 2 aliphatic heterocycles. The summed E-state index contributed by atoms with van der Waals surface area (Å²) in [6.07, 6.45) is 0.895. The minimum Gasteiger partial charge on any atom is -0.444 e. The topological polar surface area (TPSA) is 99.1 Å². The van der Waals surface area contributed by atoms with E-state index in [4.69, 9.17) is 9.72 Å². The first kappa shape index (κ1) is 24.5. The van der Waals surface area contributed by atoms with Crippen molar-refractivity contribution >= 4 is 23.5 Å². The van der Waals surface area contributed by atoms with Crippen LogP contribution in [-0.2, 0) is 11.2 Å². The van der Waals surface area contributed by atoms with Gasteiger partial charge in [-0.1, -0.05) is 6.92 Å². The Kier molecular flexibility index (Phi) is 6.16. The number of hydrogen-bond acceptors (Lipinski definition) is 7. The molecule has 36 heavy (non-hydrogen) atoms. The van der Waals surface area contributed by atoms with E-state index in [0.29, 0.717) is 49.9 Å². The maximum absolute atomic E-state index is 13.7. The summed E-state index contributed by atoms with van der Waals surface area (Å²) in [7, 11) is 0. The van der Waals surface area contributed by atoms with E-state index >= 15 is 0 Å². The lowest BCUT2D eigenvalue weighted by Crippen LogP contribution is -2.67. The number of nitrogens with zero attached hydrogens (tertiary/aromatic N) is 6. The first-order valence-corrected chi connectivity index (χ1v) is 12.6. The predicted octanol–water partition coefficient (Wildman–Crippen LogP) is 3.32. The van der Waals surface area contributed by atoms with Gasteiger partial charge in [0.25, 0.3) is 17.4 Å². The highest BCUT2D eigenvalue weighted by Crippen LogP contribution is 2.37. The number of carbonyl (C=O) groups is 1. The van der Waals surface area contributed by atoms with Crippen molar-refractivity contribution in [1.82, 2.24) is 24.5 Å². The summed E-state index contributed by atoms with van der Waals surface area (Å²) in [6, 6.07) is 0.0108. The standard InChI is InChI=1S/C24H33F2N7O3/c1-5-15-18(31-12-13-32(17-7-6-16(17)31)23(35)36-24(2,3)4)20(34)33-21(27-15)28-22(29-33)30-10-8-14(9-11-30)19(25)26/h16-17H,5-13H2,1-4H3,(H,27,28,29). The molecular formula is C24H33F2N7O3. The van der Waals surface area contributed by atoms with Crippen LogP contribution < -0.4 is 15.4 Å². The number of aromatic amines is 1. The highest BCUT2D eigenvalue weighted by Gasteiger charge is 2.47. The van der Waals surface area contributed by atoms with Gasteiger partial charge in [-0.05, 0) is 58.4 Å². The van der Waals surface area contributed by atoms with Gasteiger partial charge < -0.3 is 19.4 Å². The van der Waals surface area contributed by atoms with Crippen molar-refractivity contribution in [2.45, 2.75) is 77.5 Å². The summed E-state index contributed by atoms with van der Waals surface area (Å²) >= 11 is 0. The number of anilines is 2. The molecular weight excluding hydrogens is 472 g/mol. The molecule has 2 aromatic heterocycles. The molecule has 0 radical (unpaired) electrons. The van der Waals surface area contributed by atoms with E-state index in [0.717, 1.165) is 12.8 Å². The largest absolute Gasteiger partial charge is 0.444 e. The second kappa shape index (κ2) is 9.04. The third-order valence-corrected chi connectivity index (χ3v) is 7.30. The van der Waals surface area contributed by atoms with Crippen LogP contribution in [-0.4, -0.2) is 74.4 Å². The molecule has 3 aliphatic rings. The van der Waals surface area contributed by atoms with Crippen LogP contribution in [0.15, 0.2) is 16.4 Å². The van der Waals surface area contributed by atoms with Gasteiger partial charge in [-0.2, -0.15) is 18.3 Å². The Morgan fingerprint density at radius 3 is 2.36 bits per heavy atom. The van der Waals surface area contributed by atoms with E-state index in [1.807, 2.05) is 32.6 Å². The second-order valence-corrected chi connectivity index (χ2v) is 10.7. The van der Waals surface area contributed by atoms with Crippen molar-refractivity contribution in [3.63, 3.8) is 0 Å². The van der Waals surface area contributed by atoms with Crippen LogP contribution in [0.1, 0.15) is 59.1 Å². The molecule has 2 aromatic rings. The Morgan fingerprint density at radius 2 is 1.78 bits per heavy atom. The maximum Gasteiger partial charge on any atom is 0.410 e. The lowest BCUT2D eigenvalue weighted by atomic mass is 9.81. The molecule has 2 unspecified atom stereocenters. The number of hydrogen-bond donors (Lipinski definition) is 1. The number of nitrogens with one attached hydrogen (secondary N) is 1. The van der Waals surface area contributed by atoms with Gasteiger partial charge in [0, 0.05) is 32.2 Å². The number of amides is 1. The van der Waals surface area contributed by atoms with Gasteiger partial charge in [-0.25, -0.2) is 9.78 Å². The van der Waals surface area contributed by atoms with E-state index in [2.05, 4.69) is 15.0 Å². The van der Waals surface area contributed by atoms with Crippen molar-refractivity contribution < 1.29 is 18.3 Å². The highest BCUT2D eigenvalue weighted by atomic mass is 19.3. The fraction of sp³-hybridized carbons (Fsp3) is 0.667. The van der Waals surface area contributed by atoms with E-state index in [1.165, 1.54) is 4.52 Å². The van der Waals surface area contributed by atoms with Crippen molar-refractivity contribution in [1.29, 1.82) is 0 Å². The Morgan fingerprint density at radius 1 is 1.08 bits per heavy atom. The molecule has 10 nitrogen and oxygen atoms in total. The van der Waals surface area contributed by atoms with Gasteiger partial charge in [0.2, 0.25) is 5.95 Å². The number of rotatable bonds is 3. The van der Waals surface area contributed by atoms with Gasteiger partial charge in [-0.3, -0.25) is 9.89 Å². The maximum atomic E-state index is 13.7. The van der Waals surface area contributed by atoms with Gasteiger partial charge in [0.05, 0.1) is 11.7 Å². The molecule has 0 bridgehead atoms. The van der Waals surface area contributed by atoms with E-state index < -0.39 is 11.7 Å². The van der Waals surface area contributed by atoms with Gasteiger partial charge in [-0.15, -0.1) is 0 Å². The van der Waals surface area contributed by atoms with Gasteiger partial charge >= 0.3 is 6.09 Å². The number of piperazine rings is 1. The monoisotopic (exact) mass is 505 g/mol. The average Bonchev–Trinajstić information content (AvgIpc) is 3.23. The Hall–Kier alpha value is -3.18. The second-order valence-electron chi connectivity index (χ2n) is 10.7. The number of carbonyl (C=O) groups excluding carboxylic acids is 1. The molecule has 5 rings (SSSR count). The minimum absolute atomic E-state index is 0.0118. The number of H-pyrrole nitrogens is 1. The molecule has 0 spiro atoms. The van der Waals surface area contributed by atoms with Crippen molar-refractivity contribution in [3.05, 3.63) is 27.7 Å². The summed E-state index contributed by atoms with van der Waals surface area (Å²) in [5.74, 6) is 0.722. The summed E-state index contributed by atoms with van der Waals surface area (Å²) in [6.45, 7) is 9.27. The molecule has 0 aromatic carbocycles. The zero-order chi connectivity index (χ0) is 25.8. The first-order chi connectivity index (χ1) is 17.1. The fourth-order valence-corrected chi connectivity index (χ4v) is 5.36. The molecule has 1 aliphatic carbocycles. The van der Waals surface area contributed by atoms with Crippen molar-refractivity contribution in [2.24, 2.45) is 0 Å². The van der Waals surface area contributed by atoms with Crippen LogP contribution in [0.5, 0.6) is 0 Å². The fourth-order valence-electron chi connectivity index (χ4n) is 5.36. The zero-order valence-corrected chi connectivity index (χ0v) is 21.2. The molecule has 2 saturated heterocycles. The van der Waals surface area contributed by atoms with Gasteiger partial charge in [0.15, 0.2) is 0 Å².